The molecule has 124 valence electrons. The van der Waals surface area contributed by atoms with Gasteiger partial charge >= 0.3 is 6.18 Å². The number of fused-ring (bicyclic) bond motifs is 1. The lowest BCUT2D eigenvalue weighted by Crippen LogP contribution is -2.14. The van der Waals surface area contributed by atoms with Gasteiger partial charge in [-0.2, -0.15) is 13.2 Å². The Morgan fingerprint density at radius 3 is 2.29 bits per heavy atom. The van der Waals surface area contributed by atoms with Crippen molar-refractivity contribution in [2.24, 2.45) is 0 Å². The zero-order valence-corrected chi connectivity index (χ0v) is 12.0. The third-order valence-corrected chi connectivity index (χ3v) is 3.30. The molecule has 0 amide bonds. The van der Waals surface area contributed by atoms with Crippen molar-refractivity contribution in [1.82, 2.24) is 9.97 Å². The maximum absolute atomic E-state index is 13.8. The van der Waals surface area contributed by atoms with Crippen LogP contribution in [0.3, 0.4) is 0 Å². The summed E-state index contributed by atoms with van der Waals surface area (Å²) >= 11 is 0. The van der Waals surface area contributed by atoms with Crippen LogP contribution in [0.2, 0.25) is 0 Å². The van der Waals surface area contributed by atoms with Gasteiger partial charge in [0.15, 0.2) is 0 Å². The van der Waals surface area contributed by atoms with E-state index < -0.39 is 29.2 Å². The van der Waals surface area contributed by atoms with Crippen molar-refractivity contribution in [2.45, 2.75) is 12.7 Å². The van der Waals surface area contributed by atoms with Crippen LogP contribution in [0.4, 0.5) is 27.8 Å². The maximum Gasteiger partial charge on any atom is 0.451 e. The van der Waals surface area contributed by atoms with Crippen molar-refractivity contribution in [3.8, 4) is 0 Å². The summed E-state index contributed by atoms with van der Waals surface area (Å²) in [6, 6.07) is 9.24. The second kappa shape index (κ2) is 6.03. The van der Waals surface area contributed by atoms with Crippen LogP contribution in [0, 0.1) is 11.6 Å². The highest BCUT2D eigenvalue weighted by molar-refractivity contribution is 5.89. The van der Waals surface area contributed by atoms with E-state index in [1.54, 1.807) is 0 Å². The van der Waals surface area contributed by atoms with Gasteiger partial charge in [0, 0.05) is 11.9 Å². The lowest BCUT2D eigenvalue weighted by molar-refractivity contribution is -0.144. The van der Waals surface area contributed by atoms with Gasteiger partial charge in [0.25, 0.3) is 0 Å². The Morgan fingerprint density at radius 2 is 1.62 bits per heavy atom. The van der Waals surface area contributed by atoms with Gasteiger partial charge in [0.1, 0.15) is 23.0 Å². The molecule has 0 unspecified atom stereocenters. The van der Waals surface area contributed by atoms with Crippen LogP contribution >= 0.6 is 0 Å². The van der Waals surface area contributed by atoms with Crippen LogP contribution in [-0.4, -0.2) is 9.97 Å². The number of anilines is 1. The summed E-state index contributed by atoms with van der Waals surface area (Å²) in [5.41, 5.74) is 0.217. The third kappa shape index (κ3) is 3.27. The van der Waals surface area contributed by atoms with Crippen molar-refractivity contribution in [1.29, 1.82) is 0 Å². The van der Waals surface area contributed by atoms with E-state index in [4.69, 9.17) is 0 Å². The minimum Gasteiger partial charge on any atom is -0.365 e. The van der Waals surface area contributed by atoms with Gasteiger partial charge < -0.3 is 5.32 Å². The second-order valence-electron chi connectivity index (χ2n) is 5.01. The molecule has 1 N–H and O–H groups in total. The summed E-state index contributed by atoms with van der Waals surface area (Å²) in [5.74, 6) is -2.87. The highest BCUT2D eigenvalue weighted by Gasteiger charge is 2.35. The smallest absolute Gasteiger partial charge is 0.365 e. The number of hydrogen-bond acceptors (Lipinski definition) is 3. The average Bonchev–Trinajstić information content (AvgIpc) is 2.53. The van der Waals surface area contributed by atoms with Crippen LogP contribution in [0.25, 0.3) is 10.9 Å². The predicted molar refractivity (Wildman–Crippen MR) is 78.2 cm³/mol. The molecule has 0 aliphatic rings. The quantitative estimate of drug-likeness (QED) is 0.712. The Labute approximate surface area is 133 Å². The molecule has 2 aromatic carbocycles. The van der Waals surface area contributed by atoms with Crippen LogP contribution in [0.5, 0.6) is 0 Å². The molecule has 0 atom stereocenters. The normalized spacial score (nSPS) is 11.7. The minimum absolute atomic E-state index is 0.0974. The van der Waals surface area contributed by atoms with Crippen LogP contribution in [0.1, 0.15) is 11.4 Å². The van der Waals surface area contributed by atoms with Crippen LogP contribution in [0.15, 0.2) is 42.5 Å². The fraction of sp³-hybridized carbons (Fsp3) is 0.125. The third-order valence-electron chi connectivity index (χ3n) is 3.30. The summed E-state index contributed by atoms with van der Waals surface area (Å²) in [5, 5.41) is 2.85. The van der Waals surface area contributed by atoms with Crippen molar-refractivity contribution in [2.75, 3.05) is 5.32 Å². The zero-order chi connectivity index (χ0) is 17.3. The monoisotopic (exact) mass is 339 g/mol. The molecule has 3 aromatic rings. The first-order valence-corrected chi connectivity index (χ1v) is 6.86. The van der Waals surface area contributed by atoms with Crippen LogP contribution in [-0.2, 0) is 12.7 Å². The number of alkyl halides is 3. The Kier molecular flexibility index (Phi) is 4.04. The van der Waals surface area contributed by atoms with Gasteiger partial charge in [0.2, 0.25) is 5.82 Å². The number of nitrogens with one attached hydrogen (secondary N) is 1. The van der Waals surface area contributed by atoms with Gasteiger partial charge in [0.05, 0.1) is 0 Å². The molecular weight excluding hydrogens is 329 g/mol. The number of halogens is 5. The van der Waals surface area contributed by atoms with E-state index in [1.807, 2.05) is 0 Å². The molecule has 3 rings (SSSR count). The molecule has 0 aliphatic heterocycles. The number of nitrogens with zero attached hydrogens (tertiary/aromatic N) is 2. The molecule has 3 nitrogen and oxygen atoms in total. The first-order chi connectivity index (χ1) is 11.3. The summed E-state index contributed by atoms with van der Waals surface area (Å²) in [6.45, 7) is 0.0974. The maximum atomic E-state index is 13.8. The molecule has 0 bridgehead atoms. The van der Waals surface area contributed by atoms with Crippen LogP contribution < -0.4 is 5.32 Å². The van der Waals surface area contributed by atoms with E-state index in [1.165, 1.54) is 36.4 Å². The number of rotatable bonds is 3. The zero-order valence-electron chi connectivity index (χ0n) is 12.0. The molecule has 1 aromatic heterocycles. The lowest BCUT2D eigenvalue weighted by Gasteiger charge is -2.12. The molecule has 1 heterocycles. The number of benzene rings is 2. The van der Waals surface area contributed by atoms with Crippen molar-refractivity contribution in [3.05, 3.63) is 65.5 Å². The summed E-state index contributed by atoms with van der Waals surface area (Å²) in [4.78, 5) is 6.73. The fourth-order valence-corrected chi connectivity index (χ4v) is 2.17. The molecule has 0 spiro atoms. The standard InChI is InChI=1S/C16H10F5N3/c17-10-6-4-9(5-7-10)8-22-14-11-2-1-3-12(18)13(11)23-15(24-14)16(19,20)21/h1-7H,8H2,(H,22,23,24). The lowest BCUT2D eigenvalue weighted by atomic mass is 10.2. The molecular formula is C16H10F5N3. The van der Waals surface area contributed by atoms with E-state index in [0.29, 0.717) is 5.56 Å². The van der Waals surface area contributed by atoms with Gasteiger partial charge in [-0.05, 0) is 29.8 Å². The van der Waals surface area contributed by atoms with E-state index in [9.17, 15) is 22.0 Å². The minimum atomic E-state index is -4.80. The number of aromatic nitrogens is 2. The van der Waals surface area contributed by atoms with Gasteiger partial charge in [-0.15, -0.1) is 0 Å². The Bertz CT molecular complexity index is 875. The first kappa shape index (κ1) is 16.1. The molecule has 0 saturated carbocycles. The van der Waals surface area contributed by atoms with E-state index in [2.05, 4.69) is 15.3 Å². The summed E-state index contributed by atoms with van der Waals surface area (Å²) < 4.78 is 65.4. The Morgan fingerprint density at radius 1 is 0.917 bits per heavy atom. The largest absolute Gasteiger partial charge is 0.451 e. The fourth-order valence-electron chi connectivity index (χ4n) is 2.17. The highest BCUT2D eigenvalue weighted by Crippen LogP contribution is 2.31. The molecule has 0 aliphatic carbocycles. The molecule has 0 saturated heterocycles. The Balaban J connectivity index is 2.02. The SMILES string of the molecule is Fc1ccc(CNc2nc(C(F)(F)F)nc3c(F)cccc23)cc1. The first-order valence-electron chi connectivity index (χ1n) is 6.86. The molecule has 0 radical (unpaired) electrons. The topological polar surface area (TPSA) is 37.8 Å². The van der Waals surface area contributed by atoms with Crippen molar-refractivity contribution in [3.63, 3.8) is 0 Å². The average molecular weight is 339 g/mol. The van der Waals surface area contributed by atoms with Crippen molar-refractivity contribution >= 4 is 16.7 Å². The van der Waals surface area contributed by atoms with E-state index in [0.717, 1.165) is 6.07 Å². The summed E-state index contributed by atoms with van der Waals surface area (Å²) in [6.07, 6.45) is -4.80. The van der Waals surface area contributed by atoms with E-state index in [-0.39, 0.29) is 17.7 Å². The summed E-state index contributed by atoms with van der Waals surface area (Å²) in [7, 11) is 0. The highest BCUT2D eigenvalue weighted by atomic mass is 19.4. The number of para-hydroxylation sites is 1. The van der Waals surface area contributed by atoms with Gasteiger partial charge in [-0.3, -0.25) is 0 Å². The predicted octanol–water partition coefficient (Wildman–Crippen LogP) is 4.54. The van der Waals surface area contributed by atoms with E-state index >= 15 is 0 Å². The van der Waals surface area contributed by atoms with Crippen molar-refractivity contribution < 1.29 is 22.0 Å². The van der Waals surface area contributed by atoms with Gasteiger partial charge in [-0.25, -0.2) is 18.7 Å². The molecule has 8 heteroatoms. The molecule has 24 heavy (non-hydrogen) atoms. The number of hydrogen-bond donors (Lipinski definition) is 1. The van der Waals surface area contributed by atoms with Gasteiger partial charge in [-0.1, -0.05) is 18.2 Å². The molecule has 0 fully saturated rings. The Hall–Kier alpha value is -2.77. The second-order valence-corrected chi connectivity index (χ2v) is 5.01.